The van der Waals surface area contributed by atoms with Crippen molar-refractivity contribution in [1.82, 2.24) is 10.2 Å². The third kappa shape index (κ3) is 4.75. The molecule has 0 aromatic rings. The molecule has 0 bridgehead atoms. The summed E-state index contributed by atoms with van der Waals surface area (Å²) in [6.07, 6.45) is 10.0. The Bertz CT molecular complexity index is 258. The van der Waals surface area contributed by atoms with Gasteiger partial charge >= 0.3 is 0 Å². The topological polar surface area (TPSA) is 15.3 Å². The molecule has 2 unspecified atom stereocenters. The smallest absolute Gasteiger partial charge is 0.00504 e. The van der Waals surface area contributed by atoms with Gasteiger partial charge in [-0.25, -0.2) is 0 Å². The van der Waals surface area contributed by atoms with Crippen molar-refractivity contribution in [3.05, 3.63) is 0 Å². The lowest BCUT2D eigenvalue weighted by Crippen LogP contribution is -2.46. The average molecular weight is 266 g/mol. The first kappa shape index (κ1) is 15.3. The minimum absolute atomic E-state index is 0.552. The van der Waals surface area contributed by atoms with E-state index in [-0.39, 0.29) is 0 Å². The van der Waals surface area contributed by atoms with E-state index >= 15 is 0 Å². The van der Waals surface area contributed by atoms with E-state index in [0.29, 0.717) is 5.41 Å². The van der Waals surface area contributed by atoms with Gasteiger partial charge in [0.2, 0.25) is 0 Å². The molecule has 0 amide bonds. The zero-order valence-corrected chi connectivity index (χ0v) is 13.4. The monoisotopic (exact) mass is 266 g/mol. The number of hydrogen-bond acceptors (Lipinski definition) is 2. The number of nitrogens with one attached hydrogen (secondary N) is 1. The molecule has 112 valence electrons. The van der Waals surface area contributed by atoms with E-state index in [1.165, 1.54) is 71.1 Å². The van der Waals surface area contributed by atoms with Crippen LogP contribution in [0.3, 0.4) is 0 Å². The quantitative estimate of drug-likeness (QED) is 0.723. The van der Waals surface area contributed by atoms with E-state index in [9.17, 15) is 0 Å². The van der Waals surface area contributed by atoms with Crippen LogP contribution < -0.4 is 5.32 Å². The fourth-order valence-electron chi connectivity index (χ4n) is 4.19. The molecule has 0 spiro atoms. The highest BCUT2D eigenvalue weighted by atomic mass is 15.1. The van der Waals surface area contributed by atoms with E-state index in [2.05, 4.69) is 31.1 Å². The highest BCUT2D eigenvalue weighted by molar-refractivity contribution is 4.90. The first-order valence-electron chi connectivity index (χ1n) is 8.54. The number of nitrogens with zero attached hydrogens (tertiary/aromatic N) is 1. The normalized spacial score (nSPS) is 31.9. The largest absolute Gasteiger partial charge is 0.319 e. The summed E-state index contributed by atoms with van der Waals surface area (Å²) in [6.45, 7) is 10.00. The molecule has 0 radical (unpaired) electrons. The Balaban J connectivity index is 1.95. The number of hydrogen-bond donors (Lipinski definition) is 1. The number of rotatable bonds is 8. The van der Waals surface area contributed by atoms with Crippen LogP contribution in [0.25, 0.3) is 0 Å². The molecule has 2 fully saturated rings. The van der Waals surface area contributed by atoms with Crippen molar-refractivity contribution >= 4 is 0 Å². The Morgan fingerprint density at radius 3 is 2.63 bits per heavy atom. The molecule has 1 N–H and O–H groups in total. The second kappa shape index (κ2) is 7.08. The van der Waals surface area contributed by atoms with Crippen LogP contribution in [0.5, 0.6) is 0 Å². The zero-order chi connectivity index (χ0) is 13.7. The van der Waals surface area contributed by atoms with E-state index < -0.39 is 0 Å². The lowest BCUT2D eigenvalue weighted by Gasteiger charge is -2.43. The van der Waals surface area contributed by atoms with Gasteiger partial charge < -0.3 is 10.2 Å². The van der Waals surface area contributed by atoms with Crippen LogP contribution in [0, 0.1) is 17.3 Å². The van der Waals surface area contributed by atoms with E-state index in [0.717, 1.165) is 11.8 Å². The molecule has 0 aromatic carbocycles. The molecule has 0 heterocycles. The SMILES string of the molecule is CCCN(CC1CC1)CC1(CNC)CCCC(C)C1. The third-order valence-electron chi connectivity index (χ3n) is 5.05. The summed E-state index contributed by atoms with van der Waals surface area (Å²) in [5.41, 5.74) is 0.552. The average Bonchev–Trinajstić information content (AvgIpc) is 3.13. The maximum absolute atomic E-state index is 3.49. The zero-order valence-electron chi connectivity index (χ0n) is 13.4. The van der Waals surface area contributed by atoms with Gasteiger partial charge in [0.05, 0.1) is 0 Å². The molecule has 0 aromatic heterocycles. The van der Waals surface area contributed by atoms with E-state index in [1.807, 2.05) is 0 Å². The summed E-state index contributed by atoms with van der Waals surface area (Å²) in [7, 11) is 2.13. The van der Waals surface area contributed by atoms with Gasteiger partial charge in [-0.2, -0.15) is 0 Å². The molecule has 2 heteroatoms. The van der Waals surface area contributed by atoms with Gasteiger partial charge in [0.25, 0.3) is 0 Å². The second-order valence-corrected chi connectivity index (χ2v) is 7.41. The van der Waals surface area contributed by atoms with Crippen molar-refractivity contribution < 1.29 is 0 Å². The maximum Gasteiger partial charge on any atom is 0.00504 e. The molecule has 2 rings (SSSR count). The lowest BCUT2D eigenvalue weighted by molar-refractivity contribution is 0.0792. The highest BCUT2D eigenvalue weighted by Crippen LogP contribution is 2.40. The molecule has 2 nitrogen and oxygen atoms in total. The molecule has 2 saturated carbocycles. The van der Waals surface area contributed by atoms with Crippen LogP contribution in [0.2, 0.25) is 0 Å². The minimum Gasteiger partial charge on any atom is -0.319 e. The van der Waals surface area contributed by atoms with Crippen molar-refractivity contribution in [1.29, 1.82) is 0 Å². The standard InChI is InChI=1S/C17H34N2/c1-4-10-19(12-16-7-8-16)14-17(13-18-3)9-5-6-15(2)11-17/h15-16,18H,4-14H2,1-3H3. The van der Waals surface area contributed by atoms with Gasteiger partial charge in [-0.05, 0) is 62.9 Å². The molecule has 2 aliphatic rings. The van der Waals surface area contributed by atoms with Crippen molar-refractivity contribution in [2.75, 3.05) is 33.2 Å². The van der Waals surface area contributed by atoms with Crippen molar-refractivity contribution in [3.8, 4) is 0 Å². The Morgan fingerprint density at radius 1 is 1.26 bits per heavy atom. The fourth-order valence-corrected chi connectivity index (χ4v) is 4.19. The van der Waals surface area contributed by atoms with Crippen LogP contribution in [0.15, 0.2) is 0 Å². The van der Waals surface area contributed by atoms with Crippen molar-refractivity contribution in [3.63, 3.8) is 0 Å². The van der Waals surface area contributed by atoms with Gasteiger partial charge in [0.15, 0.2) is 0 Å². The highest BCUT2D eigenvalue weighted by Gasteiger charge is 2.36. The predicted octanol–water partition coefficient (Wildman–Crippen LogP) is 3.52. The predicted molar refractivity (Wildman–Crippen MR) is 83.4 cm³/mol. The molecular formula is C17H34N2. The van der Waals surface area contributed by atoms with Crippen LogP contribution >= 0.6 is 0 Å². The second-order valence-electron chi connectivity index (χ2n) is 7.41. The van der Waals surface area contributed by atoms with E-state index in [4.69, 9.17) is 0 Å². The van der Waals surface area contributed by atoms with Crippen LogP contribution in [0.4, 0.5) is 0 Å². The molecular weight excluding hydrogens is 232 g/mol. The first-order valence-corrected chi connectivity index (χ1v) is 8.54. The summed E-state index contributed by atoms with van der Waals surface area (Å²) in [6, 6.07) is 0. The Kier molecular flexibility index (Phi) is 5.70. The molecule has 0 aliphatic heterocycles. The van der Waals surface area contributed by atoms with Gasteiger partial charge in [0.1, 0.15) is 0 Å². The van der Waals surface area contributed by atoms with Crippen LogP contribution in [-0.2, 0) is 0 Å². The Morgan fingerprint density at radius 2 is 2.05 bits per heavy atom. The third-order valence-corrected chi connectivity index (χ3v) is 5.05. The van der Waals surface area contributed by atoms with Gasteiger partial charge in [-0.1, -0.05) is 26.7 Å². The Hall–Kier alpha value is -0.0800. The van der Waals surface area contributed by atoms with Crippen molar-refractivity contribution in [2.24, 2.45) is 17.3 Å². The van der Waals surface area contributed by atoms with Gasteiger partial charge in [0, 0.05) is 19.6 Å². The molecule has 2 atom stereocenters. The summed E-state index contributed by atoms with van der Waals surface area (Å²) in [5, 5.41) is 3.49. The van der Waals surface area contributed by atoms with Gasteiger partial charge in [-0.3, -0.25) is 0 Å². The lowest BCUT2D eigenvalue weighted by atomic mass is 9.69. The van der Waals surface area contributed by atoms with Crippen LogP contribution in [-0.4, -0.2) is 38.1 Å². The maximum atomic E-state index is 3.49. The van der Waals surface area contributed by atoms with E-state index in [1.54, 1.807) is 0 Å². The summed E-state index contributed by atoms with van der Waals surface area (Å²) < 4.78 is 0. The molecule has 0 saturated heterocycles. The molecule has 2 aliphatic carbocycles. The van der Waals surface area contributed by atoms with Gasteiger partial charge in [-0.15, -0.1) is 0 Å². The molecule has 19 heavy (non-hydrogen) atoms. The first-order chi connectivity index (χ1) is 9.17. The summed E-state index contributed by atoms with van der Waals surface area (Å²) >= 11 is 0. The Labute approximate surface area is 120 Å². The minimum atomic E-state index is 0.552. The fraction of sp³-hybridized carbons (Fsp3) is 1.00. The van der Waals surface area contributed by atoms with Crippen LogP contribution in [0.1, 0.15) is 58.8 Å². The summed E-state index contributed by atoms with van der Waals surface area (Å²) in [4.78, 5) is 2.78. The summed E-state index contributed by atoms with van der Waals surface area (Å²) in [5.74, 6) is 1.95. The van der Waals surface area contributed by atoms with Crippen molar-refractivity contribution in [2.45, 2.75) is 58.8 Å².